The summed E-state index contributed by atoms with van der Waals surface area (Å²) < 4.78 is 47.9. The van der Waals surface area contributed by atoms with E-state index in [-0.39, 0.29) is 0 Å². The lowest BCUT2D eigenvalue weighted by Gasteiger charge is -1.68. The van der Waals surface area contributed by atoms with E-state index in [2.05, 4.69) is 0 Å². The van der Waals surface area contributed by atoms with Crippen molar-refractivity contribution in [1.82, 2.24) is 0 Å². The van der Waals surface area contributed by atoms with E-state index < -0.39 is 19.6 Å². The molecule has 0 aliphatic rings. The minimum absolute atomic E-state index is 0.916. The summed E-state index contributed by atoms with van der Waals surface area (Å²) in [4.78, 5) is 0. The highest BCUT2D eigenvalue weighted by molar-refractivity contribution is 4.12. The lowest BCUT2D eigenvalue weighted by molar-refractivity contribution is 0.886. The Kier molecular flexibility index (Phi) is 0.270. The zero-order chi connectivity index (χ0) is 9.50. The quantitative estimate of drug-likeness (QED) is 0.437. The first-order valence-electron chi connectivity index (χ1n) is 4.50. The van der Waals surface area contributed by atoms with E-state index in [0.717, 1.165) is 6.92 Å². The van der Waals surface area contributed by atoms with Crippen LogP contribution in [-0.4, -0.2) is 0 Å². The molecule has 0 radical (unpaired) electrons. The van der Waals surface area contributed by atoms with Crippen LogP contribution >= 0.6 is 0 Å². The minimum Gasteiger partial charge on any atom is -0.0654 e. The summed E-state index contributed by atoms with van der Waals surface area (Å²) in [6.07, 6.45) is -5.14. The minimum atomic E-state index is -2.91. The maximum Gasteiger partial charge on any atom is 0.0264 e. The van der Waals surface area contributed by atoms with Gasteiger partial charge in [-0.05, 0) is 0 Å². The smallest absolute Gasteiger partial charge is 0.0264 e. The Morgan fingerprint density at radius 2 is 2.75 bits per heavy atom. The van der Waals surface area contributed by atoms with Crippen molar-refractivity contribution in [2.45, 2.75) is 26.5 Å². The molecule has 0 aliphatic carbocycles. The second kappa shape index (κ2) is 3.00. The molecule has 0 aromatic rings. The lowest BCUT2D eigenvalue weighted by Crippen LogP contribution is -1.47. The second-order valence-electron chi connectivity index (χ2n) is 0.375. The Morgan fingerprint density at radius 1 is 2.00 bits per heavy atom. The Bertz CT molecular complexity index is 122. The molecule has 26 valence electrons. The van der Waals surface area contributed by atoms with Gasteiger partial charge >= 0.3 is 0 Å². The topological polar surface area (TPSA) is 0 Å². The molecule has 0 bridgehead atoms. The van der Waals surface area contributed by atoms with E-state index in [4.69, 9.17) is 9.60 Å². The van der Waals surface area contributed by atoms with Gasteiger partial charge in [-0.15, -0.1) is 0 Å². The monoisotopic (exact) mass is 65.1 g/mol. The molecule has 0 unspecified atom stereocenters. The van der Waals surface area contributed by atoms with E-state index in [1.54, 1.807) is 0 Å². The highest BCUT2D eigenvalue weighted by atomic mass is 13.6. The molecule has 0 aromatic carbocycles. The van der Waals surface area contributed by atoms with E-state index in [9.17, 15) is 0 Å². The van der Waals surface area contributed by atoms with Crippen LogP contribution in [0, 0.1) is 0 Å². The van der Waals surface area contributed by atoms with Gasteiger partial charge < -0.3 is 0 Å². The molecule has 0 aliphatic heterocycles. The summed E-state index contributed by atoms with van der Waals surface area (Å²) in [7, 11) is 0. The van der Waals surface area contributed by atoms with Crippen molar-refractivity contribution in [2.24, 2.45) is 0 Å². The molecule has 0 nitrogen and oxygen atoms in total. The van der Waals surface area contributed by atoms with Crippen LogP contribution in [0.5, 0.6) is 0 Å². The third-order valence-corrected chi connectivity index (χ3v) is 0.125. The lowest BCUT2D eigenvalue weighted by atomic mass is 10.4. The molecule has 0 fully saturated rings. The number of rotatable bonds is 1. The molecular formula is C4H10. The van der Waals surface area contributed by atoms with Crippen LogP contribution < -0.4 is 0 Å². The standard InChI is InChI=1S/C4H10/c1-3-4-2/h3-4H2,1-2H3/i1D3,3D2,4D2. The fourth-order valence-electron chi connectivity index (χ4n) is 0. The van der Waals surface area contributed by atoms with Gasteiger partial charge in [0.2, 0.25) is 0 Å². The largest absolute Gasteiger partial charge is 0.0654 e. The maximum atomic E-state index is 6.96. The van der Waals surface area contributed by atoms with Gasteiger partial charge in [-0.25, -0.2) is 0 Å². The molecule has 0 aromatic heterocycles. The fraction of sp³-hybridized carbons (Fsp3) is 1.00. The summed E-state index contributed by atoms with van der Waals surface area (Å²) in [6.45, 7) is -2.00. The van der Waals surface area contributed by atoms with Crippen LogP contribution in [0.3, 0.4) is 0 Å². The fourth-order valence-corrected chi connectivity index (χ4v) is 0. The second-order valence-corrected chi connectivity index (χ2v) is 0.375. The highest BCUT2D eigenvalue weighted by Crippen LogP contribution is 1.76. The average Bonchev–Trinajstić information content (AvgIpc) is 1.58. The van der Waals surface area contributed by atoms with Crippen LogP contribution in [0.2, 0.25) is 0 Å². The van der Waals surface area contributed by atoms with Crippen LogP contribution in [0.1, 0.15) is 36.1 Å². The van der Waals surface area contributed by atoms with Crippen LogP contribution in [0.4, 0.5) is 0 Å². The summed E-state index contributed by atoms with van der Waals surface area (Å²) >= 11 is 0. The third kappa shape index (κ3) is 2.00. The number of hydrogen-bond donors (Lipinski definition) is 0. The molecule has 4 heavy (non-hydrogen) atoms. The molecule has 0 heterocycles. The van der Waals surface area contributed by atoms with Crippen molar-refractivity contribution in [3.05, 3.63) is 0 Å². The van der Waals surface area contributed by atoms with Crippen LogP contribution in [0.15, 0.2) is 0 Å². The Labute approximate surface area is 37.7 Å². The summed E-state index contributed by atoms with van der Waals surface area (Å²) in [5.41, 5.74) is 0. The average molecular weight is 65.2 g/mol. The van der Waals surface area contributed by atoms with Crippen molar-refractivity contribution in [3.63, 3.8) is 0 Å². The van der Waals surface area contributed by atoms with Gasteiger partial charge in [0.1, 0.15) is 0 Å². The van der Waals surface area contributed by atoms with Crippen LogP contribution in [-0.2, 0) is 0 Å². The van der Waals surface area contributed by atoms with E-state index in [1.165, 1.54) is 0 Å². The molecule has 0 spiro atoms. The Hall–Kier alpha value is 0. The first-order valence-corrected chi connectivity index (χ1v) is 1.00. The first-order chi connectivity index (χ1) is 4.50. The van der Waals surface area contributed by atoms with E-state index in [0.29, 0.717) is 0 Å². The predicted octanol–water partition coefficient (Wildman–Crippen LogP) is 1.81. The Morgan fingerprint density at radius 3 is 2.75 bits per heavy atom. The molecule has 0 saturated carbocycles. The van der Waals surface area contributed by atoms with Crippen molar-refractivity contribution in [2.75, 3.05) is 0 Å². The molecular weight excluding hydrogens is 48.0 g/mol. The Balaban J connectivity index is 4.75. The zero-order valence-electron chi connectivity index (χ0n) is 9.50. The molecule has 0 atom stereocenters. The van der Waals surface area contributed by atoms with Crippen molar-refractivity contribution in [3.8, 4) is 0 Å². The van der Waals surface area contributed by atoms with Gasteiger partial charge in [0.25, 0.3) is 0 Å². The van der Waals surface area contributed by atoms with Gasteiger partial charge in [0.15, 0.2) is 0 Å². The van der Waals surface area contributed by atoms with Gasteiger partial charge in [-0.1, -0.05) is 26.5 Å². The van der Waals surface area contributed by atoms with Gasteiger partial charge in [-0.2, -0.15) is 0 Å². The van der Waals surface area contributed by atoms with E-state index >= 15 is 0 Å². The third-order valence-electron chi connectivity index (χ3n) is 0.125. The molecule has 0 saturated heterocycles. The highest BCUT2D eigenvalue weighted by Gasteiger charge is 1.56. The van der Waals surface area contributed by atoms with Crippen molar-refractivity contribution < 1.29 is 9.60 Å². The van der Waals surface area contributed by atoms with Gasteiger partial charge in [-0.3, -0.25) is 0 Å². The zero-order valence-corrected chi connectivity index (χ0v) is 2.50. The SMILES string of the molecule is [2H]C([2H])([2H])C([2H])([2H])C([2H])([2H])C. The normalized spacial score (nSPS) is 43.8. The predicted molar refractivity (Wildman–Crippen MR) is 20.6 cm³/mol. The number of hydrogen-bond acceptors (Lipinski definition) is 0. The van der Waals surface area contributed by atoms with Crippen LogP contribution in [0.25, 0.3) is 0 Å². The van der Waals surface area contributed by atoms with Crippen molar-refractivity contribution in [1.29, 1.82) is 0 Å². The maximum absolute atomic E-state index is 6.96. The van der Waals surface area contributed by atoms with Crippen molar-refractivity contribution >= 4 is 0 Å². The molecule has 0 amide bonds. The summed E-state index contributed by atoms with van der Waals surface area (Å²) in [6, 6.07) is 0. The first kappa shape index (κ1) is 0.360. The molecule has 0 heteroatoms. The summed E-state index contributed by atoms with van der Waals surface area (Å²) in [5, 5.41) is 0. The molecule has 0 N–H and O–H groups in total. The van der Waals surface area contributed by atoms with Gasteiger partial charge in [0.05, 0.1) is 0 Å². The molecule has 0 rings (SSSR count). The van der Waals surface area contributed by atoms with E-state index in [1.807, 2.05) is 0 Å². The summed E-state index contributed by atoms with van der Waals surface area (Å²) in [5.74, 6) is 0. The van der Waals surface area contributed by atoms with Gasteiger partial charge in [0, 0.05) is 9.60 Å².